The minimum atomic E-state index is 0.248. The lowest BCUT2D eigenvalue weighted by molar-refractivity contribution is 0.0968. The number of rotatable bonds is 3. The third-order valence-corrected chi connectivity index (χ3v) is 3.96. The lowest BCUT2D eigenvalue weighted by atomic mass is 9.85. The van der Waals surface area contributed by atoms with E-state index in [0.29, 0.717) is 6.42 Å². The first-order valence-electron chi connectivity index (χ1n) is 6.15. The van der Waals surface area contributed by atoms with Crippen molar-refractivity contribution in [3.8, 4) is 5.75 Å². The van der Waals surface area contributed by atoms with Crippen molar-refractivity contribution in [2.75, 3.05) is 7.11 Å². The number of carbonyl (C=O) groups is 1. The van der Waals surface area contributed by atoms with Crippen LogP contribution in [0.1, 0.15) is 27.0 Å². The van der Waals surface area contributed by atoms with Crippen molar-refractivity contribution in [3.63, 3.8) is 0 Å². The molecule has 3 rings (SSSR count). The van der Waals surface area contributed by atoms with E-state index in [1.807, 2.05) is 18.2 Å². The standard InChI is InChI=1S/C16H13BrO2/c1-19-16-5-4-13(17)8-12(16)6-10-2-3-11-9-15(18)14(11)7-10/h2-5,7-8H,6,9H2,1H3. The van der Waals surface area contributed by atoms with Gasteiger partial charge >= 0.3 is 0 Å². The van der Waals surface area contributed by atoms with Crippen LogP contribution in [0.15, 0.2) is 40.9 Å². The fourth-order valence-corrected chi connectivity index (χ4v) is 2.82. The Morgan fingerprint density at radius 3 is 2.79 bits per heavy atom. The van der Waals surface area contributed by atoms with Crippen molar-refractivity contribution >= 4 is 21.7 Å². The second-order valence-corrected chi connectivity index (χ2v) is 5.64. The van der Waals surface area contributed by atoms with E-state index in [4.69, 9.17) is 4.74 Å². The smallest absolute Gasteiger partial charge is 0.167 e. The van der Waals surface area contributed by atoms with Gasteiger partial charge < -0.3 is 4.74 Å². The third kappa shape index (κ3) is 2.30. The summed E-state index contributed by atoms with van der Waals surface area (Å²) < 4.78 is 6.40. The Morgan fingerprint density at radius 1 is 1.21 bits per heavy atom. The maximum Gasteiger partial charge on any atom is 0.167 e. The predicted molar refractivity (Wildman–Crippen MR) is 78.0 cm³/mol. The van der Waals surface area contributed by atoms with Gasteiger partial charge in [0.1, 0.15) is 5.75 Å². The van der Waals surface area contributed by atoms with Crippen molar-refractivity contribution in [3.05, 3.63) is 63.1 Å². The van der Waals surface area contributed by atoms with Crippen LogP contribution in [0.3, 0.4) is 0 Å². The first-order valence-corrected chi connectivity index (χ1v) is 6.94. The Hall–Kier alpha value is -1.61. The maximum atomic E-state index is 11.5. The van der Waals surface area contributed by atoms with Crippen molar-refractivity contribution in [2.24, 2.45) is 0 Å². The van der Waals surface area contributed by atoms with Crippen LogP contribution in [0.2, 0.25) is 0 Å². The zero-order chi connectivity index (χ0) is 13.4. The summed E-state index contributed by atoms with van der Waals surface area (Å²) in [5.41, 5.74) is 4.30. The molecule has 96 valence electrons. The van der Waals surface area contributed by atoms with Crippen LogP contribution >= 0.6 is 15.9 Å². The van der Waals surface area contributed by atoms with Gasteiger partial charge in [-0.25, -0.2) is 0 Å². The summed E-state index contributed by atoms with van der Waals surface area (Å²) in [6, 6.07) is 12.1. The van der Waals surface area contributed by atoms with Crippen LogP contribution in [-0.2, 0) is 12.8 Å². The van der Waals surface area contributed by atoms with Crippen LogP contribution < -0.4 is 4.74 Å². The summed E-state index contributed by atoms with van der Waals surface area (Å²) in [5.74, 6) is 1.12. The van der Waals surface area contributed by atoms with E-state index >= 15 is 0 Å². The van der Waals surface area contributed by atoms with E-state index in [1.54, 1.807) is 7.11 Å². The molecule has 0 aliphatic heterocycles. The molecule has 2 aromatic rings. The molecule has 0 saturated heterocycles. The van der Waals surface area contributed by atoms with E-state index in [2.05, 4.69) is 34.1 Å². The summed E-state index contributed by atoms with van der Waals surface area (Å²) in [6.45, 7) is 0. The Labute approximate surface area is 120 Å². The van der Waals surface area contributed by atoms with Gasteiger partial charge in [0.15, 0.2) is 5.78 Å². The SMILES string of the molecule is COc1ccc(Br)cc1Cc1ccc2c(c1)C(=O)C2. The predicted octanol–water partition coefficient (Wildman–Crippen LogP) is 3.79. The zero-order valence-electron chi connectivity index (χ0n) is 10.6. The Morgan fingerprint density at radius 2 is 2.05 bits per heavy atom. The van der Waals surface area contributed by atoms with Gasteiger partial charge in [-0.2, -0.15) is 0 Å². The molecule has 0 spiro atoms. The summed E-state index contributed by atoms with van der Waals surface area (Å²) >= 11 is 3.48. The lowest BCUT2D eigenvalue weighted by Gasteiger charge is -2.18. The van der Waals surface area contributed by atoms with Gasteiger partial charge in [0.05, 0.1) is 7.11 Å². The number of carbonyl (C=O) groups excluding carboxylic acids is 1. The first-order chi connectivity index (χ1) is 9.17. The lowest BCUT2D eigenvalue weighted by Crippen LogP contribution is -2.18. The van der Waals surface area contributed by atoms with E-state index < -0.39 is 0 Å². The minimum Gasteiger partial charge on any atom is -0.496 e. The second-order valence-electron chi connectivity index (χ2n) is 4.72. The van der Waals surface area contributed by atoms with Gasteiger partial charge in [-0.1, -0.05) is 28.1 Å². The van der Waals surface area contributed by atoms with Gasteiger partial charge in [0.25, 0.3) is 0 Å². The molecule has 0 saturated carbocycles. The topological polar surface area (TPSA) is 26.3 Å². The first kappa shape index (κ1) is 12.4. The molecule has 0 bridgehead atoms. The van der Waals surface area contributed by atoms with Crippen molar-refractivity contribution in [1.29, 1.82) is 0 Å². The van der Waals surface area contributed by atoms with E-state index in [-0.39, 0.29) is 5.78 Å². The summed E-state index contributed by atoms with van der Waals surface area (Å²) in [6.07, 6.45) is 1.36. The van der Waals surface area contributed by atoms with Gasteiger partial charge in [0, 0.05) is 22.9 Å². The molecule has 0 radical (unpaired) electrons. The summed E-state index contributed by atoms with van der Waals surface area (Å²) in [5, 5.41) is 0. The number of hydrogen-bond acceptors (Lipinski definition) is 2. The second kappa shape index (κ2) is 4.82. The fourth-order valence-electron chi connectivity index (χ4n) is 2.41. The number of halogens is 1. The molecule has 0 heterocycles. The molecule has 0 unspecified atom stereocenters. The van der Waals surface area contributed by atoms with Crippen LogP contribution in [0.4, 0.5) is 0 Å². The Balaban J connectivity index is 1.93. The molecule has 2 nitrogen and oxygen atoms in total. The number of benzene rings is 2. The fraction of sp³-hybridized carbons (Fsp3) is 0.188. The van der Waals surface area contributed by atoms with Crippen LogP contribution in [-0.4, -0.2) is 12.9 Å². The highest BCUT2D eigenvalue weighted by Crippen LogP contribution is 2.28. The van der Waals surface area contributed by atoms with Gasteiger partial charge in [0.2, 0.25) is 0 Å². The maximum absolute atomic E-state index is 11.5. The molecule has 1 aliphatic rings. The number of ether oxygens (including phenoxy) is 1. The molecule has 0 aromatic heterocycles. The van der Waals surface area contributed by atoms with Crippen LogP contribution in [0.5, 0.6) is 5.75 Å². The quantitative estimate of drug-likeness (QED) is 0.861. The van der Waals surface area contributed by atoms with Crippen LogP contribution in [0.25, 0.3) is 0 Å². The third-order valence-electron chi connectivity index (χ3n) is 3.46. The summed E-state index contributed by atoms with van der Waals surface area (Å²) in [7, 11) is 1.67. The molecule has 3 heteroatoms. The Kier molecular flexibility index (Phi) is 3.15. The van der Waals surface area contributed by atoms with E-state index in [0.717, 1.165) is 38.9 Å². The number of Topliss-reactive ketones (excluding diaryl/α,β-unsaturated/α-hetero) is 1. The highest BCUT2D eigenvalue weighted by Gasteiger charge is 2.22. The molecule has 1 aliphatic carbocycles. The highest BCUT2D eigenvalue weighted by molar-refractivity contribution is 9.10. The molecule has 0 atom stereocenters. The number of hydrogen-bond donors (Lipinski definition) is 0. The van der Waals surface area contributed by atoms with Gasteiger partial charge in [-0.15, -0.1) is 0 Å². The molecule has 19 heavy (non-hydrogen) atoms. The average molecular weight is 317 g/mol. The number of ketones is 1. The van der Waals surface area contributed by atoms with Gasteiger partial charge in [-0.3, -0.25) is 4.79 Å². The van der Waals surface area contributed by atoms with Crippen molar-refractivity contribution in [2.45, 2.75) is 12.8 Å². The molecule has 0 amide bonds. The van der Waals surface area contributed by atoms with Crippen molar-refractivity contribution < 1.29 is 9.53 Å². The van der Waals surface area contributed by atoms with Crippen LogP contribution in [0, 0.1) is 0 Å². The van der Waals surface area contributed by atoms with Crippen molar-refractivity contribution in [1.82, 2.24) is 0 Å². The average Bonchev–Trinajstić information content (AvgIpc) is 2.40. The summed E-state index contributed by atoms with van der Waals surface area (Å²) in [4.78, 5) is 11.5. The molecule has 2 aromatic carbocycles. The largest absolute Gasteiger partial charge is 0.496 e. The number of fused-ring (bicyclic) bond motifs is 1. The monoisotopic (exact) mass is 316 g/mol. The van der Waals surface area contributed by atoms with E-state index in [9.17, 15) is 4.79 Å². The van der Waals surface area contributed by atoms with E-state index in [1.165, 1.54) is 0 Å². The Bertz CT molecular complexity index is 662. The normalized spacial score (nSPS) is 12.8. The van der Waals surface area contributed by atoms with Gasteiger partial charge in [-0.05, 0) is 41.0 Å². The molecule has 0 N–H and O–H groups in total. The minimum absolute atomic E-state index is 0.248. The molecular weight excluding hydrogens is 304 g/mol. The molecular formula is C16H13BrO2. The molecule has 0 fully saturated rings. The number of methoxy groups -OCH3 is 1. The zero-order valence-corrected chi connectivity index (χ0v) is 12.2. The highest BCUT2D eigenvalue weighted by atomic mass is 79.9.